The lowest BCUT2D eigenvalue weighted by molar-refractivity contribution is -0.118. The lowest BCUT2D eigenvalue weighted by atomic mass is 10.1. The van der Waals surface area contributed by atoms with E-state index >= 15 is 0 Å². The number of aromatic amines is 1. The van der Waals surface area contributed by atoms with Gasteiger partial charge in [-0.25, -0.2) is 4.98 Å². The third-order valence-electron chi connectivity index (χ3n) is 5.38. The molecular formula is C26H27N3O2S2. The molecule has 3 aromatic carbocycles. The summed E-state index contributed by atoms with van der Waals surface area (Å²) in [5.74, 6) is 2.13. The van der Waals surface area contributed by atoms with Crippen molar-refractivity contribution in [3.8, 4) is 5.75 Å². The fraction of sp³-hybridized carbons (Fsp3) is 0.231. The highest BCUT2D eigenvalue weighted by molar-refractivity contribution is 8.00. The molecule has 0 fully saturated rings. The standard InChI is InChI=1S/C26H27N3O2S2/c1-18-20(16-33-26-28-22-7-3-4-8-23(22)29-26)6-5-9-24(18)32-17-25(30)27-15-14-19-10-12-21(31-2)13-11-19/h3-13H,14-17H2,1-2H3,(H,27,30)(H,28,29). The van der Waals surface area contributed by atoms with Crippen molar-refractivity contribution < 1.29 is 9.53 Å². The SMILES string of the molecule is COc1ccc(CCNC(=O)CSc2cccc(CSc3nc4ccccc4[nH]3)c2C)cc1. The van der Waals surface area contributed by atoms with Crippen molar-refractivity contribution in [2.45, 2.75) is 29.1 Å². The van der Waals surface area contributed by atoms with Gasteiger partial charge in [-0.2, -0.15) is 0 Å². The predicted octanol–water partition coefficient (Wildman–Crippen LogP) is 5.62. The smallest absolute Gasteiger partial charge is 0.230 e. The maximum atomic E-state index is 12.3. The Bertz CT molecular complexity index is 1190. The number of H-pyrrole nitrogens is 1. The summed E-state index contributed by atoms with van der Waals surface area (Å²) in [6, 6.07) is 22.3. The molecule has 0 spiro atoms. The Labute approximate surface area is 202 Å². The number of nitrogens with one attached hydrogen (secondary N) is 2. The molecule has 4 rings (SSSR count). The van der Waals surface area contributed by atoms with Crippen LogP contribution in [0.5, 0.6) is 5.75 Å². The number of carbonyl (C=O) groups is 1. The second-order valence-corrected chi connectivity index (χ2v) is 9.61. The first-order chi connectivity index (χ1) is 16.1. The number of hydrogen-bond acceptors (Lipinski definition) is 5. The summed E-state index contributed by atoms with van der Waals surface area (Å²) in [4.78, 5) is 21.5. The van der Waals surface area contributed by atoms with E-state index in [1.165, 1.54) is 16.7 Å². The number of ether oxygens (including phenoxy) is 1. The number of para-hydroxylation sites is 2. The molecule has 2 N–H and O–H groups in total. The van der Waals surface area contributed by atoms with Gasteiger partial charge in [-0.05, 0) is 60.4 Å². The van der Waals surface area contributed by atoms with Gasteiger partial charge < -0.3 is 15.0 Å². The number of benzene rings is 3. The highest BCUT2D eigenvalue weighted by Gasteiger charge is 2.10. The summed E-state index contributed by atoms with van der Waals surface area (Å²) in [5, 5.41) is 3.94. The number of imidazole rings is 1. The molecule has 0 saturated carbocycles. The number of fused-ring (bicyclic) bond motifs is 1. The number of amides is 1. The van der Waals surface area contributed by atoms with Crippen LogP contribution in [-0.2, 0) is 17.0 Å². The average molecular weight is 478 g/mol. The average Bonchev–Trinajstić information content (AvgIpc) is 3.26. The van der Waals surface area contributed by atoms with E-state index in [4.69, 9.17) is 4.74 Å². The fourth-order valence-corrected chi connectivity index (χ4v) is 5.31. The maximum absolute atomic E-state index is 12.3. The zero-order chi connectivity index (χ0) is 23.0. The Kier molecular flexibility index (Phi) is 7.96. The summed E-state index contributed by atoms with van der Waals surface area (Å²) < 4.78 is 5.18. The third-order valence-corrected chi connectivity index (χ3v) is 7.46. The molecule has 0 unspecified atom stereocenters. The van der Waals surface area contributed by atoms with Gasteiger partial charge in [0.25, 0.3) is 0 Å². The van der Waals surface area contributed by atoms with Crippen molar-refractivity contribution in [1.82, 2.24) is 15.3 Å². The number of aromatic nitrogens is 2. The zero-order valence-corrected chi connectivity index (χ0v) is 20.4. The van der Waals surface area contributed by atoms with E-state index in [2.05, 4.69) is 40.4 Å². The molecule has 0 aliphatic rings. The minimum Gasteiger partial charge on any atom is -0.497 e. The molecule has 33 heavy (non-hydrogen) atoms. The van der Waals surface area contributed by atoms with Gasteiger partial charge in [0, 0.05) is 17.2 Å². The van der Waals surface area contributed by atoms with Gasteiger partial charge in [-0.3, -0.25) is 4.79 Å². The Balaban J connectivity index is 1.25. The molecule has 5 nitrogen and oxygen atoms in total. The van der Waals surface area contributed by atoms with Crippen LogP contribution in [0, 0.1) is 6.92 Å². The summed E-state index contributed by atoms with van der Waals surface area (Å²) in [7, 11) is 1.66. The first kappa shape index (κ1) is 23.3. The van der Waals surface area contributed by atoms with Gasteiger partial charge in [-0.15, -0.1) is 11.8 Å². The quantitative estimate of drug-likeness (QED) is 0.290. The van der Waals surface area contributed by atoms with E-state index in [0.29, 0.717) is 12.3 Å². The monoisotopic (exact) mass is 477 g/mol. The van der Waals surface area contributed by atoms with Gasteiger partial charge in [-0.1, -0.05) is 48.2 Å². The van der Waals surface area contributed by atoms with E-state index < -0.39 is 0 Å². The van der Waals surface area contributed by atoms with Crippen LogP contribution in [0.2, 0.25) is 0 Å². The van der Waals surface area contributed by atoms with Crippen LogP contribution in [-0.4, -0.2) is 35.3 Å². The number of methoxy groups -OCH3 is 1. The Morgan fingerprint density at radius 3 is 2.64 bits per heavy atom. The van der Waals surface area contributed by atoms with Crippen molar-refractivity contribution in [2.75, 3.05) is 19.4 Å². The van der Waals surface area contributed by atoms with Crippen molar-refractivity contribution in [3.63, 3.8) is 0 Å². The normalized spacial score (nSPS) is 11.0. The van der Waals surface area contributed by atoms with Crippen LogP contribution in [0.4, 0.5) is 0 Å². The molecule has 0 radical (unpaired) electrons. The number of nitrogens with zero attached hydrogens (tertiary/aromatic N) is 1. The number of hydrogen-bond donors (Lipinski definition) is 2. The fourth-order valence-electron chi connectivity index (χ4n) is 3.45. The van der Waals surface area contributed by atoms with Gasteiger partial charge in [0.05, 0.1) is 23.9 Å². The lowest BCUT2D eigenvalue weighted by Crippen LogP contribution is -2.27. The molecule has 0 bridgehead atoms. The van der Waals surface area contributed by atoms with Gasteiger partial charge in [0.15, 0.2) is 5.16 Å². The summed E-state index contributed by atoms with van der Waals surface area (Å²) in [6.07, 6.45) is 0.800. The number of thioether (sulfide) groups is 2. The largest absolute Gasteiger partial charge is 0.497 e. The minimum absolute atomic E-state index is 0.0509. The molecule has 0 aliphatic carbocycles. The molecule has 0 aliphatic heterocycles. The molecular weight excluding hydrogens is 450 g/mol. The van der Waals surface area contributed by atoms with E-state index in [1.807, 2.05) is 48.5 Å². The van der Waals surface area contributed by atoms with E-state index in [9.17, 15) is 4.79 Å². The molecule has 1 amide bonds. The van der Waals surface area contributed by atoms with E-state index in [1.54, 1.807) is 30.6 Å². The molecule has 0 atom stereocenters. The van der Waals surface area contributed by atoms with Crippen molar-refractivity contribution in [2.24, 2.45) is 0 Å². The van der Waals surface area contributed by atoms with Gasteiger partial charge in [0.1, 0.15) is 5.75 Å². The Morgan fingerprint density at radius 1 is 1.03 bits per heavy atom. The Hall–Kier alpha value is -2.90. The Morgan fingerprint density at radius 2 is 1.85 bits per heavy atom. The summed E-state index contributed by atoms with van der Waals surface area (Å²) >= 11 is 3.28. The van der Waals surface area contributed by atoms with Gasteiger partial charge >= 0.3 is 0 Å². The van der Waals surface area contributed by atoms with Crippen LogP contribution in [0.3, 0.4) is 0 Å². The highest BCUT2D eigenvalue weighted by atomic mass is 32.2. The van der Waals surface area contributed by atoms with Crippen LogP contribution in [0.15, 0.2) is 76.8 Å². The van der Waals surface area contributed by atoms with Crippen molar-refractivity contribution >= 4 is 40.5 Å². The molecule has 0 saturated heterocycles. The molecule has 1 heterocycles. The second-order valence-electron chi connectivity index (χ2n) is 7.62. The predicted molar refractivity (Wildman–Crippen MR) is 137 cm³/mol. The third kappa shape index (κ3) is 6.33. The van der Waals surface area contributed by atoms with Crippen LogP contribution in [0.25, 0.3) is 11.0 Å². The molecule has 7 heteroatoms. The topological polar surface area (TPSA) is 67.0 Å². The number of rotatable bonds is 10. The summed E-state index contributed by atoms with van der Waals surface area (Å²) in [5.41, 5.74) is 5.69. The summed E-state index contributed by atoms with van der Waals surface area (Å²) in [6.45, 7) is 2.75. The van der Waals surface area contributed by atoms with Crippen molar-refractivity contribution in [1.29, 1.82) is 0 Å². The van der Waals surface area contributed by atoms with E-state index in [0.717, 1.165) is 39.0 Å². The zero-order valence-electron chi connectivity index (χ0n) is 18.8. The van der Waals surface area contributed by atoms with Crippen LogP contribution < -0.4 is 10.1 Å². The number of carbonyl (C=O) groups excluding carboxylic acids is 1. The van der Waals surface area contributed by atoms with Crippen molar-refractivity contribution in [3.05, 3.63) is 83.4 Å². The van der Waals surface area contributed by atoms with E-state index in [-0.39, 0.29) is 5.91 Å². The lowest BCUT2D eigenvalue weighted by Gasteiger charge is -2.11. The van der Waals surface area contributed by atoms with Crippen LogP contribution >= 0.6 is 23.5 Å². The highest BCUT2D eigenvalue weighted by Crippen LogP contribution is 2.29. The maximum Gasteiger partial charge on any atom is 0.230 e. The first-order valence-corrected chi connectivity index (χ1v) is 12.8. The molecule has 170 valence electrons. The molecule has 4 aromatic rings. The molecule has 1 aromatic heterocycles. The second kappa shape index (κ2) is 11.3. The minimum atomic E-state index is 0.0509. The van der Waals surface area contributed by atoms with Crippen LogP contribution in [0.1, 0.15) is 16.7 Å². The first-order valence-electron chi connectivity index (χ1n) is 10.8. The van der Waals surface area contributed by atoms with Gasteiger partial charge in [0.2, 0.25) is 5.91 Å².